The molecule has 4 rings (SSSR count). The molecule has 1 aromatic heterocycles. The van der Waals surface area contributed by atoms with E-state index in [4.69, 9.17) is 4.74 Å². The summed E-state index contributed by atoms with van der Waals surface area (Å²) in [5.41, 5.74) is 1.98. The second-order valence-electron chi connectivity index (χ2n) is 6.78. The Labute approximate surface area is 172 Å². The van der Waals surface area contributed by atoms with Gasteiger partial charge in [0.2, 0.25) is 5.91 Å². The van der Waals surface area contributed by atoms with E-state index in [0.29, 0.717) is 22.1 Å². The van der Waals surface area contributed by atoms with Crippen molar-refractivity contribution in [1.29, 1.82) is 0 Å². The molecule has 1 atom stereocenters. The molecule has 0 spiro atoms. The molecule has 0 aliphatic heterocycles. The van der Waals surface area contributed by atoms with Crippen LogP contribution in [0, 0.1) is 0 Å². The van der Waals surface area contributed by atoms with E-state index in [1.807, 2.05) is 42.5 Å². The molecule has 29 heavy (non-hydrogen) atoms. The van der Waals surface area contributed by atoms with Gasteiger partial charge in [-0.05, 0) is 43.5 Å². The number of hydrogen-bond donors (Lipinski definition) is 2. The number of anilines is 2. The summed E-state index contributed by atoms with van der Waals surface area (Å²) < 4.78 is 5.32. The minimum atomic E-state index is -0.345. The Morgan fingerprint density at radius 2 is 1.83 bits per heavy atom. The molecule has 0 bridgehead atoms. The third kappa shape index (κ3) is 4.14. The molecule has 2 amide bonds. The summed E-state index contributed by atoms with van der Waals surface area (Å²) in [6, 6.07) is 16.3. The smallest absolute Gasteiger partial charge is 0.257 e. The lowest BCUT2D eigenvalue weighted by Crippen LogP contribution is -2.24. The third-order valence-corrected chi connectivity index (χ3v) is 5.94. The van der Waals surface area contributed by atoms with Crippen LogP contribution in [0.15, 0.2) is 54.6 Å². The van der Waals surface area contributed by atoms with Crippen molar-refractivity contribution < 1.29 is 14.3 Å². The number of nitrogens with zero attached hydrogens (tertiary/aromatic N) is 1. The van der Waals surface area contributed by atoms with Crippen LogP contribution < -0.4 is 15.4 Å². The molecule has 1 aliphatic carbocycles. The fourth-order valence-corrected chi connectivity index (χ4v) is 4.51. The molecule has 0 saturated heterocycles. The van der Waals surface area contributed by atoms with Crippen molar-refractivity contribution in [2.75, 3.05) is 17.7 Å². The van der Waals surface area contributed by atoms with Crippen LogP contribution >= 0.6 is 11.3 Å². The Morgan fingerprint density at radius 3 is 2.62 bits per heavy atom. The maximum atomic E-state index is 13.0. The average Bonchev–Trinajstić information content (AvgIpc) is 3.17. The first-order valence-electron chi connectivity index (χ1n) is 9.45. The first-order valence-corrected chi connectivity index (χ1v) is 10.3. The number of benzene rings is 2. The van der Waals surface area contributed by atoms with Crippen LogP contribution in [0.4, 0.5) is 10.8 Å². The third-order valence-electron chi connectivity index (χ3n) is 4.89. The number of para-hydroxylation sites is 2. The lowest BCUT2D eigenvalue weighted by atomic mass is 9.90. The van der Waals surface area contributed by atoms with Crippen LogP contribution in [-0.4, -0.2) is 23.9 Å². The minimum absolute atomic E-state index is 0.110. The lowest BCUT2D eigenvalue weighted by Gasteiger charge is -2.21. The zero-order chi connectivity index (χ0) is 20.2. The van der Waals surface area contributed by atoms with Gasteiger partial charge in [0.05, 0.1) is 24.4 Å². The molecule has 3 aromatic rings. The summed E-state index contributed by atoms with van der Waals surface area (Å²) in [4.78, 5) is 31.0. The minimum Gasteiger partial charge on any atom is -0.495 e. The van der Waals surface area contributed by atoms with E-state index in [9.17, 15) is 9.59 Å². The van der Waals surface area contributed by atoms with E-state index in [0.717, 1.165) is 29.8 Å². The van der Waals surface area contributed by atoms with Crippen LogP contribution in [0.3, 0.4) is 0 Å². The van der Waals surface area contributed by atoms with Crippen molar-refractivity contribution in [3.05, 3.63) is 70.7 Å². The molecule has 2 aromatic carbocycles. The first kappa shape index (κ1) is 19.1. The highest BCUT2D eigenvalue weighted by molar-refractivity contribution is 7.16. The van der Waals surface area contributed by atoms with Crippen molar-refractivity contribution >= 4 is 34.0 Å². The summed E-state index contributed by atoms with van der Waals surface area (Å²) in [6.45, 7) is 0. The van der Waals surface area contributed by atoms with Crippen molar-refractivity contribution in [2.45, 2.75) is 25.2 Å². The topological polar surface area (TPSA) is 80.3 Å². The highest BCUT2D eigenvalue weighted by Gasteiger charge is 2.31. The van der Waals surface area contributed by atoms with Crippen molar-refractivity contribution in [1.82, 2.24) is 4.98 Å². The molecular weight excluding hydrogens is 386 g/mol. The Hall–Kier alpha value is -3.19. The van der Waals surface area contributed by atoms with Gasteiger partial charge in [-0.2, -0.15) is 0 Å². The van der Waals surface area contributed by atoms with Crippen LogP contribution in [0.1, 0.15) is 39.7 Å². The van der Waals surface area contributed by atoms with Crippen molar-refractivity contribution in [2.24, 2.45) is 0 Å². The van der Waals surface area contributed by atoms with Gasteiger partial charge in [-0.3, -0.25) is 14.9 Å². The van der Waals surface area contributed by atoms with Gasteiger partial charge >= 0.3 is 0 Å². The van der Waals surface area contributed by atoms with Gasteiger partial charge in [-0.15, -0.1) is 11.3 Å². The maximum absolute atomic E-state index is 13.0. The van der Waals surface area contributed by atoms with E-state index in [2.05, 4.69) is 15.6 Å². The van der Waals surface area contributed by atoms with Gasteiger partial charge in [0.1, 0.15) is 5.75 Å². The summed E-state index contributed by atoms with van der Waals surface area (Å²) >= 11 is 1.45. The molecule has 7 heteroatoms. The van der Waals surface area contributed by atoms with E-state index in [-0.39, 0.29) is 17.7 Å². The number of fused-ring (bicyclic) bond motifs is 1. The molecule has 0 fully saturated rings. The molecule has 0 radical (unpaired) electrons. The number of rotatable bonds is 5. The number of thiazole rings is 1. The van der Waals surface area contributed by atoms with E-state index in [1.54, 1.807) is 19.2 Å². The lowest BCUT2D eigenvalue weighted by molar-refractivity contribution is -0.118. The van der Waals surface area contributed by atoms with Gasteiger partial charge < -0.3 is 10.1 Å². The number of methoxy groups -OCH3 is 1. The fraction of sp³-hybridized carbons (Fsp3) is 0.227. The fourth-order valence-electron chi connectivity index (χ4n) is 3.45. The van der Waals surface area contributed by atoms with Gasteiger partial charge in [0.15, 0.2) is 5.13 Å². The number of carbonyl (C=O) groups is 2. The van der Waals surface area contributed by atoms with Crippen molar-refractivity contribution in [3.63, 3.8) is 0 Å². The average molecular weight is 407 g/mol. The highest BCUT2D eigenvalue weighted by Crippen LogP contribution is 2.38. The van der Waals surface area contributed by atoms with Crippen LogP contribution in [0.5, 0.6) is 5.75 Å². The number of amides is 2. The van der Waals surface area contributed by atoms with Crippen molar-refractivity contribution in [3.8, 4) is 5.75 Å². The Balaban J connectivity index is 1.52. The van der Waals surface area contributed by atoms with Gasteiger partial charge in [-0.25, -0.2) is 4.98 Å². The van der Waals surface area contributed by atoms with Gasteiger partial charge in [0, 0.05) is 10.4 Å². The second kappa shape index (κ2) is 8.45. The van der Waals surface area contributed by atoms with E-state index >= 15 is 0 Å². The molecule has 1 heterocycles. The quantitative estimate of drug-likeness (QED) is 0.654. The SMILES string of the molecule is COc1ccccc1NC(=O)C1CCCc2sc(NC(=O)c3ccccc3)nc21. The van der Waals surface area contributed by atoms with E-state index < -0.39 is 0 Å². The van der Waals surface area contributed by atoms with Crippen LogP contribution in [-0.2, 0) is 11.2 Å². The predicted molar refractivity (Wildman–Crippen MR) is 114 cm³/mol. The standard InChI is InChI=1S/C22H21N3O3S/c1-28-17-12-6-5-11-16(17)23-21(27)15-10-7-13-18-19(15)24-22(29-18)25-20(26)14-8-3-2-4-9-14/h2-6,8-9,11-12,15H,7,10,13H2,1H3,(H,23,27)(H,24,25,26). The number of aryl methyl sites for hydroxylation is 1. The molecular formula is C22H21N3O3S. The zero-order valence-corrected chi connectivity index (χ0v) is 16.8. The number of aromatic nitrogens is 1. The number of hydrogen-bond acceptors (Lipinski definition) is 5. The number of nitrogens with one attached hydrogen (secondary N) is 2. The van der Waals surface area contributed by atoms with E-state index in [1.165, 1.54) is 11.3 Å². The summed E-state index contributed by atoms with van der Waals surface area (Å²) in [5.74, 6) is -0.0401. The molecule has 1 aliphatic rings. The molecule has 2 N–H and O–H groups in total. The second-order valence-corrected chi connectivity index (χ2v) is 7.87. The highest BCUT2D eigenvalue weighted by atomic mass is 32.1. The van der Waals surface area contributed by atoms with Crippen LogP contribution in [0.25, 0.3) is 0 Å². The first-order chi connectivity index (χ1) is 14.2. The monoisotopic (exact) mass is 407 g/mol. The normalized spacial score (nSPS) is 15.3. The molecule has 6 nitrogen and oxygen atoms in total. The summed E-state index contributed by atoms with van der Waals surface area (Å²) in [6.07, 6.45) is 2.50. The van der Waals surface area contributed by atoms with Gasteiger partial charge in [-0.1, -0.05) is 30.3 Å². The summed E-state index contributed by atoms with van der Waals surface area (Å²) in [7, 11) is 1.58. The molecule has 148 valence electrons. The van der Waals surface area contributed by atoms with Gasteiger partial charge in [0.25, 0.3) is 5.91 Å². The predicted octanol–water partition coefficient (Wildman–Crippen LogP) is 4.46. The maximum Gasteiger partial charge on any atom is 0.257 e. The number of ether oxygens (including phenoxy) is 1. The molecule has 0 saturated carbocycles. The zero-order valence-electron chi connectivity index (χ0n) is 16.0. The largest absolute Gasteiger partial charge is 0.495 e. The Bertz CT molecular complexity index is 1030. The Morgan fingerprint density at radius 1 is 1.07 bits per heavy atom. The Kier molecular flexibility index (Phi) is 5.57. The number of carbonyl (C=O) groups excluding carboxylic acids is 2. The molecule has 1 unspecified atom stereocenters. The van der Waals surface area contributed by atoms with Crippen LogP contribution in [0.2, 0.25) is 0 Å². The summed E-state index contributed by atoms with van der Waals surface area (Å²) in [5, 5.41) is 6.35.